The van der Waals surface area contributed by atoms with E-state index >= 15 is 0 Å². The van der Waals surface area contributed by atoms with E-state index in [1.165, 1.54) is 0 Å². The van der Waals surface area contributed by atoms with Crippen molar-refractivity contribution >= 4 is 5.91 Å². The Kier molecular flexibility index (Phi) is 4.57. The van der Waals surface area contributed by atoms with Crippen LogP contribution in [-0.4, -0.2) is 42.0 Å². The van der Waals surface area contributed by atoms with Crippen LogP contribution in [-0.2, 0) is 11.2 Å². The first-order valence-electron chi connectivity index (χ1n) is 9.21. The first-order chi connectivity index (χ1) is 12.2. The van der Waals surface area contributed by atoms with Crippen molar-refractivity contribution in [2.24, 2.45) is 11.8 Å². The highest BCUT2D eigenvalue weighted by molar-refractivity contribution is 5.78. The van der Waals surface area contributed by atoms with Crippen LogP contribution in [0.3, 0.4) is 0 Å². The van der Waals surface area contributed by atoms with Crippen molar-refractivity contribution in [3.63, 3.8) is 0 Å². The summed E-state index contributed by atoms with van der Waals surface area (Å²) >= 11 is 0. The molecule has 2 saturated heterocycles. The molecule has 0 saturated carbocycles. The maximum Gasteiger partial charge on any atom is 0.228 e. The minimum atomic E-state index is 0.170. The second-order valence-electron chi connectivity index (χ2n) is 7.20. The monoisotopic (exact) mass is 339 g/mol. The summed E-state index contributed by atoms with van der Waals surface area (Å²) in [7, 11) is 0. The van der Waals surface area contributed by atoms with Gasteiger partial charge in [0.1, 0.15) is 5.76 Å². The summed E-state index contributed by atoms with van der Waals surface area (Å²) in [5.74, 6) is 2.97. The molecule has 0 bridgehead atoms. The van der Waals surface area contributed by atoms with Crippen LogP contribution in [0.15, 0.2) is 34.7 Å². The Labute approximate surface area is 148 Å². The van der Waals surface area contributed by atoms with Gasteiger partial charge < -0.3 is 14.6 Å². The average molecular weight is 339 g/mol. The Morgan fingerprint density at radius 2 is 1.88 bits per heavy atom. The zero-order valence-corrected chi connectivity index (χ0v) is 14.7. The van der Waals surface area contributed by atoms with Crippen molar-refractivity contribution in [1.82, 2.24) is 15.2 Å². The number of aryl methyl sites for hydroxylation is 1. The van der Waals surface area contributed by atoms with Gasteiger partial charge in [0.05, 0.1) is 12.1 Å². The van der Waals surface area contributed by atoms with Gasteiger partial charge in [-0.25, -0.2) is 4.98 Å². The Balaban J connectivity index is 1.43. The lowest BCUT2D eigenvalue weighted by Crippen LogP contribution is -2.34. The number of rotatable bonds is 3. The molecule has 1 aromatic heterocycles. The largest absolute Gasteiger partial charge is 0.441 e. The van der Waals surface area contributed by atoms with Crippen molar-refractivity contribution in [3.05, 3.63) is 41.8 Å². The quantitative estimate of drug-likeness (QED) is 0.934. The number of fused-ring (bicyclic) bond motifs is 1. The third-order valence-corrected chi connectivity index (χ3v) is 5.60. The molecule has 1 N–H and O–H groups in total. The molecule has 0 unspecified atom stereocenters. The summed E-state index contributed by atoms with van der Waals surface area (Å²) in [5, 5.41) is 3.48. The van der Waals surface area contributed by atoms with Crippen LogP contribution >= 0.6 is 0 Å². The summed E-state index contributed by atoms with van der Waals surface area (Å²) in [6.45, 7) is 5.83. The van der Waals surface area contributed by atoms with E-state index in [9.17, 15) is 4.79 Å². The molecule has 0 radical (unpaired) electrons. The summed E-state index contributed by atoms with van der Waals surface area (Å²) in [4.78, 5) is 19.4. The van der Waals surface area contributed by atoms with Gasteiger partial charge in [0.25, 0.3) is 0 Å². The fraction of sp³-hybridized carbons (Fsp3) is 0.500. The molecule has 132 valence electrons. The minimum absolute atomic E-state index is 0.170. The van der Waals surface area contributed by atoms with E-state index in [1.807, 2.05) is 42.2 Å². The van der Waals surface area contributed by atoms with E-state index in [-0.39, 0.29) is 5.91 Å². The number of carbonyl (C=O) groups is 1. The molecular formula is C20H25N3O2. The molecule has 5 heteroatoms. The van der Waals surface area contributed by atoms with Gasteiger partial charge in [-0.1, -0.05) is 18.2 Å². The molecule has 5 nitrogen and oxygen atoms in total. The Morgan fingerprint density at radius 1 is 1.20 bits per heavy atom. The van der Waals surface area contributed by atoms with Crippen LogP contribution < -0.4 is 5.32 Å². The topological polar surface area (TPSA) is 58.4 Å². The van der Waals surface area contributed by atoms with Gasteiger partial charge in [0.15, 0.2) is 0 Å². The van der Waals surface area contributed by atoms with Gasteiger partial charge in [-0.05, 0) is 56.8 Å². The predicted octanol–water partition coefficient (Wildman–Crippen LogP) is 2.65. The Bertz CT molecular complexity index is 727. The van der Waals surface area contributed by atoms with E-state index in [0.29, 0.717) is 12.3 Å². The summed E-state index contributed by atoms with van der Waals surface area (Å²) in [5.41, 5.74) is 1.70. The molecule has 2 fully saturated rings. The molecule has 2 aromatic rings. The third-order valence-electron chi connectivity index (χ3n) is 5.60. The van der Waals surface area contributed by atoms with Crippen molar-refractivity contribution < 1.29 is 9.21 Å². The van der Waals surface area contributed by atoms with Crippen LogP contribution in [0, 0.1) is 18.8 Å². The van der Waals surface area contributed by atoms with E-state index in [1.54, 1.807) is 0 Å². The Morgan fingerprint density at radius 3 is 2.56 bits per heavy atom. The molecule has 1 aromatic carbocycles. The van der Waals surface area contributed by atoms with Gasteiger partial charge in [0.2, 0.25) is 11.8 Å². The van der Waals surface area contributed by atoms with E-state index in [0.717, 1.165) is 67.9 Å². The number of hydrogen-bond acceptors (Lipinski definition) is 4. The third kappa shape index (κ3) is 3.47. The van der Waals surface area contributed by atoms with Crippen molar-refractivity contribution in [3.8, 4) is 11.5 Å². The van der Waals surface area contributed by atoms with E-state index in [4.69, 9.17) is 4.42 Å². The first-order valence-corrected chi connectivity index (χ1v) is 9.21. The standard InChI is InChI=1S/C20H25N3O2/c1-14-18(22-20(25-14)15-5-3-2-4-6-15)11-19(24)23-9-7-16-12-21-13-17(16)8-10-23/h2-6,16-17,21H,7-13H2,1H3/t16-,17+. The zero-order chi connectivity index (χ0) is 17.2. The number of likely N-dealkylation sites (tertiary alicyclic amines) is 1. The van der Waals surface area contributed by atoms with Crippen LogP contribution in [0.1, 0.15) is 24.3 Å². The highest BCUT2D eigenvalue weighted by Crippen LogP contribution is 2.28. The number of nitrogens with one attached hydrogen (secondary N) is 1. The summed E-state index contributed by atoms with van der Waals surface area (Å²) in [6, 6.07) is 9.83. The molecule has 2 aliphatic heterocycles. The number of aromatic nitrogens is 1. The number of carbonyl (C=O) groups excluding carboxylic acids is 1. The maximum atomic E-state index is 12.8. The Hall–Kier alpha value is -2.14. The molecule has 4 rings (SSSR count). The number of hydrogen-bond donors (Lipinski definition) is 1. The highest BCUT2D eigenvalue weighted by Gasteiger charge is 2.31. The van der Waals surface area contributed by atoms with Gasteiger partial charge in [-0.3, -0.25) is 4.79 Å². The second-order valence-corrected chi connectivity index (χ2v) is 7.20. The fourth-order valence-electron chi connectivity index (χ4n) is 4.02. The van der Waals surface area contributed by atoms with Gasteiger partial charge in [-0.15, -0.1) is 0 Å². The number of amides is 1. The molecular weight excluding hydrogens is 314 g/mol. The van der Waals surface area contributed by atoms with Crippen molar-refractivity contribution in [2.45, 2.75) is 26.2 Å². The van der Waals surface area contributed by atoms with Gasteiger partial charge in [-0.2, -0.15) is 0 Å². The lowest BCUT2D eigenvalue weighted by Gasteiger charge is -2.20. The lowest BCUT2D eigenvalue weighted by atomic mass is 9.92. The number of oxazole rings is 1. The first kappa shape index (κ1) is 16.3. The molecule has 2 aliphatic rings. The molecule has 2 atom stereocenters. The average Bonchev–Trinajstić information content (AvgIpc) is 3.17. The molecule has 0 spiro atoms. The molecule has 1 amide bonds. The zero-order valence-electron chi connectivity index (χ0n) is 14.7. The van der Waals surface area contributed by atoms with Crippen LogP contribution in [0.5, 0.6) is 0 Å². The maximum absolute atomic E-state index is 12.8. The smallest absolute Gasteiger partial charge is 0.228 e. The van der Waals surface area contributed by atoms with Crippen LogP contribution in [0.4, 0.5) is 0 Å². The molecule has 25 heavy (non-hydrogen) atoms. The molecule has 0 aliphatic carbocycles. The normalized spacial score (nSPS) is 23.3. The highest BCUT2D eigenvalue weighted by atomic mass is 16.4. The SMILES string of the molecule is Cc1oc(-c2ccccc2)nc1CC(=O)N1CC[C@@H]2CNC[C@@H]2CC1. The fourth-order valence-corrected chi connectivity index (χ4v) is 4.02. The van der Waals surface area contributed by atoms with E-state index in [2.05, 4.69) is 10.3 Å². The number of benzene rings is 1. The van der Waals surface area contributed by atoms with Crippen LogP contribution in [0.2, 0.25) is 0 Å². The summed E-state index contributed by atoms with van der Waals surface area (Å²) in [6.07, 6.45) is 2.54. The van der Waals surface area contributed by atoms with E-state index < -0.39 is 0 Å². The summed E-state index contributed by atoms with van der Waals surface area (Å²) < 4.78 is 5.78. The van der Waals surface area contributed by atoms with Crippen molar-refractivity contribution in [2.75, 3.05) is 26.2 Å². The predicted molar refractivity (Wildman–Crippen MR) is 96.0 cm³/mol. The van der Waals surface area contributed by atoms with Gasteiger partial charge >= 0.3 is 0 Å². The lowest BCUT2D eigenvalue weighted by molar-refractivity contribution is -0.130. The van der Waals surface area contributed by atoms with Crippen molar-refractivity contribution in [1.29, 1.82) is 0 Å². The van der Waals surface area contributed by atoms with Crippen LogP contribution in [0.25, 0.3) is 11.5 Å². The molecule has 3 heterocycles. The second kappa shape index (κ2) is 7.00. The van der Waals surface area contributed by atoms with Gasteiger partial charge in [0, 0.05) is 18.7 Å². The minimum Gasteiger partial charge on any atom is -0.441 e. The number of nitrogens with zero attached hydrogens (tertiary/aromatic N) is 2.